The van der Waals surface area contributed by atoms with Crippen molar-refractivity contribution in [2.45, 2.75) is 10.6 Å². The Morgan fingerprint density at radius 3 is 2.72 bits per heavy atom. The summed E-state index contributed by atoms with van der Waals surface area (Å²) in [5.74, 6) is 2.04. The van der Waals surface area contributed by atoms with Crippen molar-refractivity contribution >= 4 is 40.2 Å². The molecule has 94 valence electrons. The number of rotatable bonds is 4. The first-order chi connectivity index (χ1) is 8.69. The van der Waals surface area contributed by atoms with Gasteiger partial charge in [-0.2, -0.15) is 0 Å². The molecule has 0 atom stereocenters. The summed E-state index contributed by atoms with van der Waals surface area (Å²) in [6, 6.07) is 6.42. The number of nitrogens with one attached hydrogen (secondary N) is 1. The topological polar surface area (TPSA) is 37.8 Å². The van der Waals surface area contributed by atoms with Crippen LogP contribution in [-0.2, 0) is 5.75 Å². The van der Waals surface area contributed by atoms with Gasteiger partial charge in [0.15, 0.2) is 0 Å². The van der Waals surface area contributed by atoms with E-state index in [0.717, 1.165) is 20.1 Å². The van der Waals surface area contributed by atoms with Crippen LogP contribution in [0.15, 0.2) is 35.4 Å². The summed E-state index contributed by atoms with van der Waals surface area (Å²) in [5, 5.41) is 3.02. The molecule has 0 aliphatic heterocycles. The highest BCUT2D eigenvalue weighted by atomic mass is 127. The van der Waals surface area contributed by atoms with Crippen LogP contribution in [0.1, 0.15) is 5.82 Å². The first-order valence-electron chi connectivity index (χ1n) is 5.26. The highest BCUT2D eigenvalue weighted by molar-refractivity contribution is 14.1. The van der Waals surface area contributed by atoms with Gasteiger partial charge in [-0.1, -0.05) is 0 Å². The van der Waals surface area contributed by atoms with Crippen LogP contribution in [0.5, 0.6) is 0 Å². The van der Waals surface area contributed by atoms with E-state index < -0.39 is 0 Å². The summed E-state index contributed by atoms with van der Waals surface area (Å²) in [4.78, 5) is 9.67. The Morgan fingerprint density at radius 1 is 1.33 bits per heavy atom. The van der Waals surface area contributed by atoms with E-state index in [1.165, 1.54) is 12.1 Å². The Labute approximate surface area is 123 Å². The molecule has 18 heavy (non-hydrogen) atoms. The fourth-order valence-electron chi connectivity index (χ4n) is 1.33. The minimum absolute atomic E-state index is 0.220. The molecule has 0 saturated heterocycles. The number of halogens is 2. The number of nitrogens with zero attached hydrogens (tertiary/aromatic N) is 2. The number of benzene rings is 1. The highest BCUT2D eigenvalue weighted by Gasteiger charge is 2.04. The second kappa shape index (κ2) is 6.33. The number of anilines is 1. The largest absolute Gasteiger partial charge is 0.372 e. The molecule has 6 heteroatoms. The number of hydrogen-bond acceptors (Lipinski definition) is 4. The van der Waals surface area contributed by atoms with Crippen molar-refractivity contribution < 1.29 is 4.39 Å². The molecule has 0 aliphatic carbocycles. The zero-order chi connectivity index (χ0) is 13.0. The Bertz CT molecular complexity index is 533. The van der Waals surface area contributed by atoms with E-state index in [4.69, 9.17) is 0 Å². The maximum absolute atomic E-state index is 12.7. The van der Waals surface area contributed by atoms with Crippen molar-refractivity contribution in [1.29, 1.82) is 0 Å². The van der Waals surface area contributed by atoms with Crippen LogP contribution in [0, 0.1) is 9.39 Å². The summed E-state index contributed by atoms with van der Waals surface area (Å²) >= 11 is 3.77. The number of aromatic nitrogens is 2. The monoisotopic (exact) mass is 375 g/mol. The molecule has 1 aromatic carbocycles. The Morgan fingerprint density at radius 2 is 2.06 bits per heavy atom. The van der Waals surface area contributed by atoms with E-state index in [-0.39, 0.29) is 5.82 Å². The maximum Gasteiger partial charge on any atom is 0.142 e. The van der Waals surface area contributed by atoms with E-state index in [9.17, 15) is 4.39 Å². The van der Waals surface area contributed by atoms with Crippen molar-refractivity contribution in [2.24, 2.45) is 0 Å². The number of hydrogen-bond donors (Lipinski definition) is 1. The predicted molar refractivity (Wildman–Crippen MR) is 80.3 cm³/mol. The summed E-state index contributed by atoms with van der Waals surface area (Å²) in [6.07, 6.45) is 1.79. The number of thioether (sulfide) groups is 1. The molecule has 2 aromatic rings. The van der Waals surface area contributed by atoms with Crippen LogP contribution >= 0.6 is 34.4 Å². The quantitative estimate of drug-likeness (QED) is 0.655. The van der Waals surface area contributed by atoms with Crippen LogP contribution < -0.4 is 5.32 Å². The Kier molecular flexibility index (Phi) is 4.76. The van der Waals surface area contributed by atoms with Crippen LogP contribution in [0.3, 0.4) is 0 Å². The molecule has 0 unspecified atom stereocenters. The molecular formula is C12H11FIN3S. The molecule has 0 bridgehead atoms. The SMILES string of the molecule is CNc1nc(CSc2ccc(F)cc2)ncc1I. The first kappa shape index (κ1) is 13.5. The summed E-state index contributed by atoms with van der Waals surface area (Å²) in [5.41, 5.74) is 0. The van der Waals surface area contributed by atoms with Crippen molar-refractivity contribution in [3.63, 3.8) is 0 Å². The Hall–Kier alpha value is -0.890. The molecule has 0 saturated carbocycles. The lowest BCUT2D eigenvalue weighted by Gasteiger charge is -2.05. The van der Waals surface area contributed by atoms with Gasteiger partial charge in [0.2, 0.25) is 0 Å². The van der Waals surface area contributed by atoms with Crippen molar-refractivity contribution in [3.05, 3.63) is 45.7 Å². The van der Waals surface area contributed by atoms with Gasteiger partial charge in [-0.05, 0) is 46.9 Å². The molecule has 0 fully saturated rings. The smallest absolute Gasteiger partial charge is 0.142 e. The predicted octanol–water partition coefficient (Wildman–Crippen LogP) is 3.55. The standard InChI is InChI=1S/C12H11FIN3S/c1-15-12-10(14)6-16-11(17-12)7-18-9-4-2-8(13)3-5-9/h2-6H,7H2,1H3,(H,15,16,17). The van der Waals surface area contributed by atoms with Gasteiger partial charge < -0.3 is 5.32 Å². The third kappa shape index (κ3) is 3.55. The van der Waals surface area contributed by atoms with Gasteiger partial charge in [0.1, 0.15) is 17.5 Å². The van der Waals surface area contributed by atoms with Crippen LogP contribution in [0.2, 0.25) is 0 Å². The van der Waals surface area contributed by atoms with Crippen molar-refractivity contribution in [3.8, 4) is 0 Å². The molecule has 0 radical (unpaired) electrons. The third-order valence-electron chi connectivity index (χ3n) is 2.21. The summed E-state index contributed by atoms with van der Waals surface area (Å²) in [7, 11) is 1.83. The van der Waals surface area contributed by atoms with E-state index in [2.05, 4.69) is 37.9 Å². The fraction of sp³-hybridized carbons (Fsp3) is 0.167. The normalized spacial score (nSPS) is 10.4. The summed E-state index contributed by atoms with van der Waals surface area (Å²) in [6.45, 7) is 0. The molecule has 1 heterocycles. The second-order valence-electron chi connectivity index (χ2n) is 3.48. The second-order valence-corrected chi connectivity index (χ2v) is 5.69. The van der Waals surface area contributed by atoms with E-state index in [1.54, 1.807) is 30.1 Å². The lowest BCUT2D eigenvalue weighted by atomic mass is 10.4. The highest BCUT2D eigenvalue weighted by Crippen LogP contribution is 2.22. The Balaban J connectivity index is 2.04. The zero-order valence-electron chi connectivity index (χ0n) is 9.65. The first-order valence-corrected chi connectivity index (χ1v) is 7.33. The molecule has 0 aliphatic rings. The average Bonchev–Trinajstić information content (AvgIpc) is 2.39. The average molecular weight is 375 g/mol. The third-order valence-corrected chi connectivity index (χ3v) is 4.01. The molecule has 2 rings (SSSR count). The van der Waals surface area contributed by atoms with Gasteiger partial charge in [-0.3, -0.25) is 0 Å². The lowest BCUT2D eigenvalue weighted by Crippen LogP contribution is -2.01. The maximum atomic E-state index is 12.7. The van der Waals surface area contributed by atoms with Gasteiger partial charge in [0.25, 0.3) is 0 Å². The van der Waals surface area contributed by atoms with Crippen molar-refractivity contribution in [2.75, 3.05) is 12.4 Å². The van der Waals surface area contributed by atoms with Gasteiger partial charge in [0, 0.05) is 18.1 Å². The van der Waals surface area contributed by atoms with Gasteiger partial charge in [-0.15, -0.1) is 11.8 Å². The molecule has 0 amide bonds. The molecule has 1 aromatic heterocycles. The minimum atomic E-state index is -0.220. The van der Waals surface area contributed by atoms with Crippen molar-refractivity contribution in [1.82, 2.24) is 9.97 Å². The molecule has 3 nitrogen and oxygen atoms in total. The van der Waals surface area contributed by atoms with E-state index >= 15 is 0 Å². The van der Waals surface area contributed by atoms with E-state index in [1.807, 2.05) is 7.05 Å². The summed E-state index contributed by atoms with van der Waals surface area (Å²) < 4.78 is 13.7. The van der Waals surface area contributed by atoms with Crippen LogP contribution in [-0.4, -0.2) is 17.0 Å². The molecule has 0 spiro atoms. The van der Waals surface area contributed by atoms with Gasteiger partial charge in [0.05, 0.1) is 9.32 Å². The lowest BCUT2D eigenvalue weighted by molar-refractivity contribution is 0.626. The fourth-order valence-corrected chi connectivity index (χ4v) is 2.62. The van der Waals surface area contributed by atoms with Gasteiger partial charge >= 0.3 is 0 Å². The minimum Gasteiger partial charge on any atom is -0.372 e. The van der Waals surface area contributed by atoms with Gasteiger partial charge in [-0.25, -0.2) is 14.4 Å². The van der Waals surface area contributed by atoms with E-state index in [0.29, 0.717) is 5.75 Å². The van der Waals surface area contributed by atoms with Crippen LogP contribution in [0.25, 0.3) is 0 Å². The molecular weight excluding hydrogens is 364 g/mol. The van der Waals surface area contributed by atoms with Crippen LogP contribution in [0.4, 0.5) is 10.2 Å². The zero-order valence-corrected chi connectivity index (χ0v) is 12.6. The molecule has 1 N–H and O–H groups in total.